The van der Waals surface area contributed by atoms with Gasteiger partial charge in [-0.3, -0.25) is 10.1 Å². The van der Waals surface area contributed by atoms with Gasteiger partial charge in [-0.2, -0.15) is 0 Å². The molecule has 2 aromatic carbocycles. The molecular weight excluding hydrogens is 435 g/mol. The molecule has 1 saturated heterocycles. The number of fused-ring (bicyclic) bond motifs is 1. The van der Waals surface area contributed by atoms with Gasteiger partial charge >= 0.3 is 6.36 Å². The van der Waals surface area contributed by atoms with Gasteiger partial charge in [0.2, 0.25) is 0 Å². The number of nitrogens with zero attached hydrogens (tertiary/aromatic N) is 2. The number of methoxy groups -OCH3 is 1. The Morgan fingerprint density at radius 2 is 1.87 bits per heavy atom. The van der Waals surface area contributed by atoms with Crippen molar-refractivity contribution in [2.24, 2.45) is 0 Å². The van der Waals surface area contributed by atoms with Gasteiger partial charge in [0.15, 0.2) is 5.13 Å². The molecule has 1 aliphatic heterocycles. The van der Waals surface area contributed by atoms with Crippen LogP contribution >= 0.6 is 11.3 Å². The maximum Gasteiger partial charge on any atom is 0.573 e. The molecule has 1 N–H and O–H groups in total. The van der Waals surface area contributed by atoms with Gasteiger partial charge < -0.3 is 19.1 Å². The third-order valence-corrected chi connectivity index (χ3v) is 5.62. The summed E-state index contributed by atoms with van der Waals surface area (Å²) >= 11 is 1.30. The summed E-state index contributed by atoms with van der Waals surface area (Å²) in [6, 6.07) is 8.46. The zero-order valence-corrected chi connectivity index (χ0v) is 17.2. The molecule has 2 heterocycles. The van der Waals surface area contributed by atoms with Crippen LogP contribution in [0.5, 0.6) is 11.5 Å². The number of hydrogen-bond acceptors (Lipinski definition) is 7. The van der Waals surface area contributed by atoms with Crippen LogP contribution in [0.15, 0.2) is 36.4 Å². The number of halogens is 3. The monoisotopic (exact) mass is 453 g/mol. The summed E-state index contributed by atoms with van der Waals surface area (Å²) in [5.74, 6) is -0.314. The predicted molar refractivity (Wildman–Crippen MR) is 110 cm³/mol. The number of benzene rings is 2. The first-order chi connectivity index (χ1) is 14.8. The van der Waals surface area contributed by atoms with E-state index < -0.39 is 18.0 Å². The van der Waals surface area contributed by atoms with Crippen LogP contribution in [0.3, 0.4) is 0 Å². The van der Waals surface area contributed by atoms with E-state index >= 15 is 0 Å². The molecular formula is C20H18F3N3O4S. The van der Waals surface area contributed by atoms with Gasteiger partial charge in [0.25, 0.3) is 5.91 Å². The summed E-state index contributed by atoms with van der Waals surface area (Å²) in [4.78, 5) is 19.3. The zero-order chi connectivity index (χ0) is 22.0. The van der Waals surface area contributed by atoms with Crippen molar-refractivity contribution in [3.63, 3.8) is 0 Å². The Labute approximate surface area is 179 Å². The number of hydrogen-bond donors (Lipinski definition) is 1. The molecule has 31 heavy (non-hydrogen) atoms. The van der Waals surface area contributed by atoms with Crippen molar-refractivity contribution in [3.8, 4) is 11.5 Å². The lowest BCUT2D eigenvalue weighted by atomic mass is 10.2. The molecule has 1 aromatic heterocycles. The van der Waals surface area contributed by atoms with Crippen molar-refractivity contribution < 1.29 is 32.2 Å². The van der Waals surface area contributed by atoms with E-state index in [0.29, 0.717) is 29.6 Å². The van der Waals surface area contributed by atoms with Crippen LogP contribution in [0, 0.1) is 0 Å². The number of amides is 1. The molecule has 7 nitrogen and oxygen atoms in total. The van der Waals surface area contributed by atoms with Gasteiger partial charge in [-0.05, 0) is 36.4 Å². The number of alkyl halides is 3. The normalized spacial score (nSPS) is 14.5. The summed E-state index contributed by atoms with van der Waals surface area (Å²) < 4.78 is 52.4. The van der Waals surface area contributed by atoms with Crippen molar-refractivity contribution in [1.29, 1.82) is 0 Å². The largest absolute Gasteiger partial charge is 0.573 e. The number of ether oxygens (including phenoxy) is 3. The van der Waals surface area contributed by atoms with Crippen LogP contribution < -0.4 is 19.7 Å². The molecule has 4 rings (SSSR count). The van der Waals surface area contributed by atoms with E-state index in [1.165, 1.54) is 23.5 Å². The highest BCUT2D eigenvalue weighted by atomic mass is 32.1. The second kappa shape index (κ2) is 8.60. The Morgan fingerprint density at radius 1 is 1.16 bits per heavy atom. The molecule has 1 amide bonds. The van der Waals surface area contributed by atoms with Gasteiger partial charge in [-0.25, -0.2) is 4.98 Å². The smallest absolute Gasteiger partial charge is 0.494 e. The lowest BCUT2D eigenvalue weighted by molar-refractivity contribution is -0.274. The van der Waals surface area contributed by atoms with Crippen LogP contribution in [-0.4, -0.2) is 50.7 Å². The summed E-state index contributed by atoms with van der Waals surface area (Å²) in [7, 11) is 1.55. The quantitative estimate of drug-likeness (QED) is 0.621. The second-order valence-electron chi connectivity index (χ2n) is 6.61. The van der Waals surface area contributed by atoms with Crippen LogP contribution in [-0.2, 0) is 4.74 Å². The Bertz CT molecular complexity index is 1080. The minimum Gasteiger partial charge on any atom is -0.494 e. The molecule has 1 fully saturated rings. The second-order valence-corrected chi connectivity index (χ2v) is 7.61. The number of morpholine rings is 1. The molecule has 0 spiro atoms. The van der Waals surface area contributed by atoms with Crippen molar-refractivity contribution in [2.45, 2.75) is 6.36 Å². The molecule has 0 aliphatic carbocycles. The SMILES string of the molecule is COc1ccc(N2CCOCC2)c2sc(NC(=O)c3ccc(OC(F)(F)F)cc3)nc12. The Morgan fingerprint density at radius 3 is 2.52 bits per heavy atom. The van der Waals surface area contributed by atoms with E-state index in [4.69, 9.17) is 9.47 Å². The van der Waals surface area contributed by atoms with Gasteiger partial charge in [0.05, 0.1) is 30.7 Å². The standard InChI is InChI=1S/C20H18F3N3O4S/c1-28-15-7-6-14(26-8-10-29-11-9-26)17-16(15)24-19(31-17)25-18(27)12-2-4-13(5-3-12)30-20(21,22)23/h2-7H,8-11H2,1H3,(H,24,25,27). The highest BCUT2D eigenvalue weighted by molar-refractivity contribution is 7.23. The average molecular weight is 453 g/mol. The maximum atomic E-state index is 12.6. The summed E-state index contributed by atoms with van der Waals surface area (Å²) in [5, 5.41) is 3.06. The van der Waals surface area contributed by atoms with Crippen molar-refractivity contribution in [1.82, 2.24) is 4.98 Å². The molecule has 3 aromatic rings. The van der Waals surface area contributed by atoms with Crippen molar-refractivity contribution in [2.75, 3.05) is 43.6 Å². The van der Waals surface area contributed by atoms with E-state index in [0.717, 1.165) is 35.6 Å². The van der Waals surface area contributed by atoms with E-state index in [1.54, 1.807) is 7.11 Å². The lowest BCUT2D eigenvalue weighted by Gasteiger charge is -2.29. The van der Waals surface area contributed by atoms with Gasteiger partial charge in [0, 0.05) is 18.7 Å². The van der Waals surface area contributed by atoms with Crippen LogP contribution in [0.25, 0.3) is 10.2 Å². The summed E-state index contributed by atoms with van der Waals surface area (Å²) in [6.07, 6.45) is -4.79. The molecule has 0 radical (unpaired) electrons. The van der Waals surface area contributed by atoms with Crippen LogP contribution in [0.4, 0.5) is 24.0 Å². The topological polar surface area (TPSA) is 72.9 Å². The lowest BCUT2D eigenvalue weighted by Crippen LogP contribution is -2.36. The number of anilines is 2. The number of carbonyl (C=O) groups is 1. The fourth-order valence-electron chi connectivity index (χ4n) is 3.22. The van der Waals surface area contributed by atoms with E-state index in [1.807, 2.05) is 12.1 Å². The molecule has 0 atom stereocenters. The Kier molecular flexibility index (Phi) is 5.88. The molecule has 0 saturated carbocycles. The first-order valence-electron chi connectivity index (χ1n) is 9.31. The third-order valence-electron chi connectivity index (χ3n) is 4.63. The fourth-order valence-corrected chi connectivity index (χ4v) is 4.24. The van der Waals surface area contributed by atoms with E-state index in [-0.39, 0.29) is 5.56 Å². The average Bonchev–Trinajstić information content (AvgIpc) is 3.16. The first-order valence-corrected chi connectivity index (χ1v) is 10.1. The summed E-state index contributed by atoms with van der Waals surface area (Å²) in [5.41, 5.74) is 1.78. The predicted octanol–water partition coefficient (Wildman–Crippen LogP) is 4.29. The number of nitrogens with one attached hydrogen (secondary N) is 1. The molecule has 164 valence electrons. The zero-order valence-electron chi connectivity index (χ0n) is 16.4. The minimum absolute atomic E-state index is 0.175. The Hall–Kier alpha value is -3.05. The fraction of sp³-hybridized carbons (Fsp3) is 0.300. The highest BCUT2D eigenvalue weighted by Crippen LogP contribution is 2.39. The summed E-state index contributed by atoms with van der Waals surface area (Å²) in [6.45, 7) is 2.74. The van der Waals surface area contributed by atoms with Gasteiger partial charge in [-0.15, -0.1) is 13.2 Å². The van der Waals surface area contributed by atoms with Crippen LogP contribution in [0.2, 0.25) is 0 Å². The number of aromatic nitrogens is 1. The molecule has 1 aliphatic rings. The Balaban J connectivity index is 1.57. The maximum absolute atomic E-state index is 12.6. The van der Waals surface area contributed by atoms with Gasteiger partial charge in [-0.1, -0.05) is 11.3 Å². The number of carbonyl (C=O) groups excluding carboxylic acids is 1. The first kappa shape index (κ1) is 21.2. The van der Waals surface area contributed by atoms with Crippen LogP contribution in [0.1, 0.15) is 10.4 Å². The molecule has 0 unspecified atom stereocenters. The van der Waals surface area contributed by atoms with Crippen molar-refractivity contribution >= 4 is 38.3 Å². The number of thiazole rings is 1. The minimum atomic E-state index is -4.79. The van der Waals surface area contributed by atoms with Gasteiger partial charge in [0.1, 0.15) is 17.0 Å². The molecule has 11 heteroatoms. The van der Waals surface area contributed by atoms with E-state index in [9.17, 15) is 18.0 Å². The highest BCUT2D eigenvalue weighted by Gasteiger charge is 2.31. The van der Waals surface area contributed by atoms with E-state index in [2.05, 4.69) is 19.9 Å². The third kappa shape index (κ3) is 4.83. The number of rotatable bonds is 5. The molecule has 0 bridgehead atoms. The van der Waals surface area contributed by atoms with Crippen molar-refractivity contribution in [3.05, 3.63) is 42.0 Å².